The first-order chi connectivity index (χ1) is 7.97. The van der Waals surface area contributed by atoms with Crippen molar-refractivity contribution in [2.45, 2.75) is 13.0 Å². The highest BCUT2D eigenvalue weighted by atomic mass is 79.9. The van der Waals surface area contributed by atoms with Gasteiger partial charge in [0, 0.05) is 14.1 Å². The third-order valence-electron chi connectivity index (χ3n) is 2.21. The average Bonchev–Trinajstić information content (AvgIpc) is 2.30. The summed E-state index contributed by atoms with van der Waals surface area (Å²) in [6, 6.07) is 5.13. The molecule has 0 aliphatic rings. The Morgan fingerprint density at radius 2 is 2.12 bits per heavy atom. The van der Waals surface area contributed by atoms with E-state index in [1.54, 1.807) is 39.2 Å². The fourth-order valence-corrected chi connectivity index (χ4v) is 1.81. The highest BCUT2D eigenvalue weighted by Gasteiger charge is 2.19. The second-order valence-corrected chi connectivity index (χ2v) is 4.62. The fraction of sp³-hybridized carbons (Fsp3) is 0.333. The van der Waals surface area contributed by atoms with Crippen molar-refractivity contribution in [3.8, 4) is 5.75 Å². The van der Waals surface area contributed by atoms with Crippen molar-refractivity contribution in [2.24, 2.45) is 0 Å². The first-order valence-corrected chi connectivity index (χ1v) is 5.88. The Bertz CT molecular complexity index is 432. The third-order valence-corrected chi connectivity index (χ3v) is 2.83. The molecule has 17 heavy (non-hydrogen) atoms. The maximum Gasteiger partial charge on any atom is 0.262 e. The van der Waals surface area contributed by atoms with Crippen LogP contribution in [0.2, 0.25) is 0 Å². The summed E-state index contributed by atoms with van der Waals surface area (Å²) < 4.78 is 6.17. The van der Waals surface area contributed by atoms with Crippen LogP contribution in [-0.2, 0) is 4.79 Å². The highest BCUT2D eigenvalue weighted by molar-refractivity contribution is 9.10. The molecule has 0 heterocycles. The number of likely N-dealkylation sites (N-methyl/N-ethyl adjacent to an activating group) is 1. The molecule has 1 aromatic rings. The molecule has 0 radical (unpaired) electrons. The van der Waals surface area contributed by atoms with Crippen LogP contribution in [0.3, 0.4) is 0 Å². The van der Waals surface area contributed by atoms with Crippen molar-refractivity contribution in [1.29, 1.82) is 0 Å². The van der Waals surface area contributed by atoms with Gasteiger partial charge in [-0.2, -0.15) is 0 Å². The van der Waals surface area contributed by atoms with Gasteiger partial charge < -0.3 is 9.64 Å². The lowest BCUT2D eigenvalue weighted by atomic mass is 10.2. The van der Waals surface area contributed by atoms with E-state index in [1.807, 2.05) is 0 Å². The van der Waals surface area contributed by atoms with Gasteiger partial charge in [0.1, 0.15) is 5.75 Å². The molecule has 0 spiro atoms. The molecule has 0 saturated carbocycles. The van der Waals surface area contributed by atoms with Crippen LogP contribution in [0.5, 0.6) is 5.75 Å². The zero-order valence-corrected chi connectivity index (χ0v) is 11.5. The number of carbonyl (C=O) groups excluding carboxylic acids is 2. The Kier molecular flexibility index (Phi) is 4.69. The number of ether oxygens (including phenoxy) is 1. The smallest absolute Gasteiger partial charge is 0.262 e. The molecule has 0 N–H and O–H groups in total. The van der Waals surface area contributed by atoms with E-state index in [2.05, 4.69) is 15.9 Å². The number of nitrogens with zero attached hydrogens (tertiary/aromatic N) is 1. The van der Waals surface area contributed by atoms with Crippen LogP contribution in [0.15, 0.2) is 22.7 Å². The highest BCUT2D eigenvalue weighted by Crippen LogP contribution is 2.29. The van der Waals surface area contributed by atoms with Crippen LogP contribution in [0.1, 0.15) is 17.3 Å². The lowest BCUT2D eigenvalue weighted by Crippen LogP contribution is -2.35. The van der Waals surface area contributed by atoms with E-state index in [9.17, 15) is 9.59 Å². The summed E-state index contributed by atoms with van der Waals surface area (Å²) in [5.41, 5.74) is 0.415. The average molecular weight is 300 g/mol. The minimum absolute atomic E-state index is 0.155. The lowest BCUT2D eigenvalue weighted by Gasteiger charge is -2.19. The number of hydrogen-bond acceptors (Lipinski definition) is 3. The number of aldehydes is 1. The van der Waals surface area contributed by atoms with Crippen molar-refractivity contribution >= 4 is 28.1 Å². The molecule has 0 saturated heterocycles. The van der Waals surface area contributed by atoms with Crippen LogP contribution in [0, 0.1) is 0 Å². The fourth-order valence-electron chi connectivity index (χ4n) is 1.33. The quantitative estimate of drug-likeness (QED) is 0.800. The number of hydrogen-bond donors (Lipinski definition) is 0. The van der Waals surface area contributed by atoms with Gasteiger partial charge in [-0.25, -0.2) is 0 Å². The summed E-state index contributed by atoms with van der Waals surface area (Å²) in [6.07, 6.45) is 0.0647. The number of halogens is 1. The SMILES string of the molecule is CC(Oc1c(Br)cccc1C=O)C(=O)N(C)C. The van der Waals surface area contributed by atoms with Gasteiger partial charge in [-0.15, -0.1) is 0 Å². The summed E-state index contributed by atoms with van der Waals surface area (Å²) in [5, 5.41) is 0. The molecule has 4 nitrogen and oxygen atoms in total. The molecule has 1 unspecified atom stereocenters. The van der Waals surface area contributed by atoms with Crippen LogP contribution in [0.4, 0.5) is 0 Å². The van der Waals surface area contributed by atoms with Crippen LogP contribution < -0.4 is 4.74 Å². The van der Waals surface area contributed by atoms with Crippen molar-refractivity contribution in [3.05, 3.63) is 28.2 Å². The largest absolute Gasteiger partial charge is 0.479 e. The molecular formula is C12H14BrNO3. The molecule has 1 atom stereocenters. The molecular weight excluding hydrogens is 286 g/mol. The summed E-state index contributed by atoms with van der Waals surface area (Å²) in [6.45, 7) is 1.65. The Hall–Kier alpha value is -1.36. The molecule has 1 rings (SSSR count). The predicted molar refractivity (Wildman–Crippen MR) is 68.3 cm³/mol. The van der Waals surface area contributed by atoms with E-state index in [0.717, 1.165) is 0 Å². The van der Waals surface area contributed by atoms with Gasteiger partial charge in [0.25, 0.3) is 5.91 Å². The Labute approximate surface area is 109 Å². The molecule has 92 valence electrons. The monoisotopic (exact) mass is 299 g/mol. The maximum absolute atomic E-state index is 11.7. The molecule has 0 aromatic heterocycles. The zero-order chi connectivity index (χ0) is 13.0. The Morgan fingerprint density at radius 1 is 1.47 bits per heavy atom. The summed E-state index contributed by atoms with van der Waals surface area (Å²) in [7, 11) is 3.31. The third kappa shape index (κ3) is 3.30. The van der Waals surface area contributed by atoms with Gasteiger partial charge in [0.15, 0.2) is 12.4 Å². The zero-order valence-electron chi connectivity index (χ0n) is 9.94. The van der Waals surface area contributed by atoms with E-state index in [-0.39, 0.29) is 5.91 Å². The molecule has 1 aromatic carbocycles. The van der Waals surface area contributed by atoms with Gasteiger partial charge in [-0.05, 0) is 35.0 Å². The predicted octanol–water partition coefficient (Wildman–Crippen LogP) is 2.12. The number of carbonyl (C=O) groups is 2. The second kappa shape index (κ2) is 5.82. The normalized spacial score (nSPS) is 11.8. The van der Waals surface area contributed by atoms with Crippen LogP contribution in [-0.4, -0.2) is 37.3 Å². The minimum atomic E-state index is -0.637. The van der Waals surface area contributed by atoms with Crippen LogP contribution >= 0.6 is 15.9 Å². The second-order valence-electron chi connectivity index (χ2n) is 3.77. The van der Waals surface area contributed by atoms with E-state index >= 15 is 0 Å². The van der Waals surface area contributed by atoms with Crippen molar-refractivity contribution < 1.29 is 14.3 Å². The summed E-state index contributed by atoms with van der Waals surface area (Å²) in [4.78, 5) is 24.0. The summed E-state index contributed by atoms with van der Waals surface area (Å²) in [5.74, 6) is 0.239. The Balaban J connectivity index is 2.95. The van der Waals surface area contributed by atoms with E-state index < -0.39 is 6.10 Å². The van der Waals surface area contributed by atoms with Gasteiger partial charge in [0.2, 0.25) is 0 Å². The molecule has 0 aliphatic carbocycles. The lowest BCUT2D eigenvalue weighted by molar-refractivity contribution is -0.135. The molecule has 0 bridgehead atoms. The first kappa shape index (κ1) is 13.7. The number of para-hydroxylation sites is 1. The first-order valence-electron chi connectivity index (χ1n) is 5.09. The topological polar surface area (TPSA) is 46.6 Å². The van der Waals surface area contributed by atoms with E-state index in [4.69, 9.17) is 4.74 Å². The molecule has 5 heteroatoms. The van der Waals surface area contributed by atoms with Gasteiger partial charge in [-0.1, -0.05) is 6.07 Å². The Morgan fingerprint density at radius 3 is 2.65 bits per heavy atom. The van der Waals surface area contributed by atoms with Crippen molar-refractivity contribution in [1.82, 2.24) is 4.90 Å². The molecule has 0 fully saturated rings. The van der Waals surface area contributed by atoms with Gasteiger partial charge >= 0.3 is 0 Å². The van der Waals surface area contributed by atoms with E-state index in [0.29, 0.717) is 22.1 Å². The molecule has 0 aliphatic heterocycles. The minimum Gasteiger partial charge on any atom is -0.479 e. The van der Waals surface area contributed by atoms with Crippen LogP contribution in [0.25, 0.3) is 0 Å². The summed E-state index contributed by atoms with van der Waals surface area (Å²) >= 11 is 3.29. The van der Waals surface area contributed by atoms with E-state index in [1.165, 1.54) is 4.90 Å². The number of benzene rings is 1. The van der Waals surface area contributed by atoms with Gasteiger partial charge in [0.05, 0.1) is 10.0 Å². The maximum atomic E-state index is 11.7. The van der Waals surface area contributed by atoms with Crippen molar-refractivity contribution in [3.63, 3.8) is 0 Å². The number of amides is 1. The standard InChI is InChI=1S/C12H14BrNO3/c1-8(12(16)14(2)3)17-11-9(7-15)5-4-6-10(11)13/h4-8H,1-3H3. The number of rotatable bonds is 4. The molecule has 1 amide bonds. The van der Waals surface area contributed by atoms with Gasteiger partial charge in [-0.3, -0.25) is 9.59 Å². The van der Waals surface area contributed by atoms with Crippen molar-refractivity contribution in [2.75, 3.05) is 14.1 Å².